The quantitative estimate of drug-likeness (QED) is 0.355. The number of nitrogens with zero attached hydrogens (tertiary/aromatic N) is 2. The lowest BCUT2D eigenvalue weighted by Gasteiger charge is -2.21. The smallest absolute Gasteiger partial charge is 0.310 e. The Morgan fingerprint density at radius 2 is 1.89 bits per heavy atom. The van der Waals surface area contributed by atoms with Crippen LogP contribution < -0.4 is 5.73 Å². The topological polar surface area (TPSA) is 67.9 Å². The maximum atomic E-state index is 11.2. The van der Waals surface area contributed by atoms with Gasteiger partial charge in [-0.25, -0.2) is 0 Å². The van der Waals surface area contributed by atoms with Crippen LogP contribution in [-0.2, 0) is 9.53 Å². The molecule has 2 N–H and O–H groups in total. The van der Waals surface area contributed by atoms with E-state index in [0.29, 0.717) is 12.5 Å². The summed E-state index contributed by atoms with van der Waals surface area (Å²) in [4.78, 5) is 17.6. The van der Waals surface area contributed by atoms with E-state index in [-0.39, 0.29) is 35.9 Å². The second-order valence-electron chi connectivity index (χ2n) is 4.52. The number of halogens is 1. The summed E-state index contributed by atoms with van der Waals surface area (Å²) in [5.74, 6) is 0.0885. The van der Waals surface area contributed by atoms with E-state index in [1.807, 2.05) is 0 Å². The van der Waals surface area contributed by atoms with Gasteiger partial charge >= 0.3 is 5.97 Å². The monoisotopic (exact) mass is 369 g/mol. The van der Waals surface area contributed by atoms with Crippen LogP contribution in [0.3, 0.4) is 0 Å². The number of carbonyl (C=O) groups excluding carboxylic acids is 1. The molecule has 1 aliphatic heterocycles. The van der Waals surface area contributed by atoms with Crippen LogP contribution in [0.1, 0.15) is 32.6 Å². The van der Waals surface area contributed by atoms with Crippen molar-refractivity contribution in [1.29, 1.82) is 0 Å². The molecule has 1 unspecified atom stereocenters. The molecule has 0 aromatic rings. The molecular formula is C12H24IN3O2. The van der Waals surface area contributed by atoms with Gasteiger partial charge in [0.25, 0.3) is 0 Å². The molecule has 1 fully saturated rings. The summed E-state index contributed by atoms with van der Waals surface area (Å²) >= 11 is 0. The highest BCUT2D eigenvalue weighted by Gasteiger charge is 2.14. The van der Waals surface area contributed by atoms with Gasteiger partial charge in [0.2, 0.25) is 0 Å². The van der Waals surface area contributed by atoms with Crippen molar-refractivity contribution in [3.8, 4) is 0 Å². The maximum absolute atomic E-state index is 11.2. The standard InChI is InChI=1S/C12H23N3O2.HI/c1-10(11(16)17-2)9-14-12(13)15-7-5-3-4-6-8-15;/h10H,3-9H2,1-2H3,(H2,13,14);1H. The van der Waals surface area contributed by atoms with Crippen molar-refractivity contribution in [1.82, 2.24) is 4.90 Å². The number of aliphatic imine (C=N–C) groups is 1. The summed E-state index contributed by atoms with van der Waals surface area (Å²) in [7, 11) is 1.39. The molecule has 0 saturated carbocycles. The maximum Gasteiger partial charge on any atom is 0.310 e. The number of likely N-dealkylation sites (tertiary alicyclic amines) is 1. The van der Waals surface area contributed by atoms with E-state index in [2.05, 4.69) is 14.6 Å². The van der Waals surface area contributed by atoms with Gasteiger partial charge in [0.1, 0.15) is 0 Å². The number of nitrogens with two attached hydrogens (primary N) is 1. The molecule has 0 aliphatic carbocycles. The molecule has 0 bridgehead atoms. The molecular weight excluding hydrogens is 345 g/mol. The molecule has 1 rings (SSSR count). The molecule has 1 atom stereocenters. The fourth-order valence-corrected chi connectivity index (χ4v) is 1.91. The summed E-state index contributed by atoms with van der Waals surface area (Å²) < 4.78 is 4.65. The van der Waals surface area contributed by atoms with Gasteiger partial charge < -0.3 is 15.4 Å². The second-order valence-corrected chi connectivity index (χ2v) is 4.52. The molecule has 18 heavy (non-hydrogen) atoms. The number of hydrogen-bond donors (Lipinski definition) is 1. The number of rotatable bonds is 3. The Morgan fingerprint density at radius 3 is 2.39 bits per heavy atom. The highest BCUT2D eigenvalue weighted by molar-refractivity contribution is 14.0. The van der Waals surface area contributed by atoms with Crippen LogP contribution in [0.25, 0.3) is 0 Å². The summed E-state index contributed by atoms with van der Waals surface area (Å²) in [5, 5.41) is 0. The Morgan fingerprint density at radius 1 is 1.33 bits per heavy atom. The van der Waals surface area contributed by atoms with E-state index in [0.717, 1.165) is 13.1 Å². The first-order valence-corrected chi connectivity index (χ1v) is 6.28. The normalized spacial score (nSPS) is 18.6. The molecule has 0 aromatic heterocycles. The van der Waals surface area contributed by atoms with E-state index in [1.165, 1.54) is 32.8 Å². The third-order valence-corrected chi connectivity index (χ3v) is 3.06. The van der Waals surface area contributed by atoms with E-state index in [9.17, 15) is 4.79 Å². The van der Waals surface area contributed by atoms with Crippen molar-refractivity contribution >= 4 is 35.9 Å². The SMILES string of the molecule is COC(=O)C(C)CN=C(N)N1CCCCCC1.I. The van der Waals surface area contributed by atoms with Gasteiger partial charge in [-0.3, -0.25) is 9.79 Å². The first-order valence-electron chi connectivity index (χ1n) is 6.28. The van der Waals surface area contributed by atoms with Gasteiger partial charge in [0.15, 0.2) is 5.96 Å². The molecule has 106 valence electrons. The molecule has 0 aromatic carbocycles. The third kappa shape index (κ3) is 5.88. The van der Waals surface area contributed by atoms with Crippen molar-refractivity contribution in [2.45, 2.75) is 32.6 Å². The first kappa shape index (κ1) is 17.5. The zero-order valence-electron chi connectivity index (χ0n) is 11.2. The number of hydrogen-bond acceptors (Lipinski definition) is 3. The van der Waals surface area contributed by atoms with Crippen LogP contribution in [0.15, 0.2) is 4.99 Å². The van der Waals surface area contributed by atoms with Crippen LogP contribution in [0.5, 0.6) is 0 Å². The van der Waals surface area contributed by atoms with Crippen LogP contribution >= 0.6 is 24.0 Å². The summed E-state index contributed by atoms with van der Waals surface area (Å²) in [5.41, 5.74) is 5.93. The van der Waals surface area contributed by atoms with E-state index in [1.54, 1.807) is 6.92 Å². The second kappa shape index (κ2) is 9.41. The van der Waals surface area contributed by atoms with Gasteiger partial charge in [-0.05, 0) is 12.8 Å². The molecule has 0 radical (unpaired) electrons. The van der Waals surface area contributed by atoms with Crippen LogP contribution in [-0.4, -0.2) is 43.6 Å². The zero-order chi connectivity index (χ0) is 12.7. The predicted octanol–water partition coefficient (Wildman–Crippen LogP) is 1.60. The largest absolute Gasteiger partial charge is 0.469 e. The molecule has 1 heterocycles. The van der Waals surface area contributed by atoms with Crippen LogP contribution in [0.2, 0.25) is 0 Å². The van der Waals surface area contributed by atoms with Gasteiger partial charge in [0.05, 0.1) is 19.6 Å². The van der Waals surface area contributed by atoms with Crippen molar-refractivity contribution < 1.29 is 9.53 Å². The fraction of sp³-hybridized carbons (Fsp3) is 0.833. The molecule has 6 heteroatoms. The van der Waals surface area contributed by atoms with Crippen LogP contribution in [0.4, 0.5) is 0 Å². The average molecular weight is 369 g/mol. The van der Waals surface area contributed by atoms with E-state index < -0.39 is 0 Å². The van der Waals surface area contributed by atoms with Crippen molar-refractivity contribution in [3.63, 3.8) is 0 Å². The van der Waals surface area contributed by atoms with Crippen molar-refractivity contribution in [3.05, 3.63) is 0 Å². The van der Waals surface area contributed by atoms with Crippen molar-refractivity contribution in [2.24, 2.45) is 16.6 Å². The minimum absolute atomic E-state index is 0. The van der Waals surface area contributed by atoms with Gasteiger partial charge in [0, 0.05) is 13.1 Å². The van der Waals surface area contributed by atoms with E-state index in [4.69, 9.17) is 5.73 Å². The Labute approximate surface area is 126 Å². The summed E-state index contributed by atoms with van der Waals surface area (Å²) in [6.07, 6.45) is 4.87. The third-order valence-electron chi connectivity index (χ3n) is 3.06. The van der Waals surface area contributed by atoms with Crippen LogP contribution in [0, 0.1) is 5.92 Å². The Balaban J connectivity index is 0.00000289. The Bertz CT molecular complexity index is 276. The summed E-state index contributed by atoms with van der Waals surface area (Å²) in [6.45, 7) is 4.14. The predicted molar refractivity (Wildman–Crippen MR) is 83.1 cm³/mol. The number of ether oxygens (including phenoxy) is 1. The Hall–Kier alpha value is -0.530. The Kier molecular flexibility index (Phi) is 9.13. The number of methoxy groups -OCH3 is 1. The molecule has 0 spiro atoms. The molecule has 0 amide bonds. The molecule has 1 saturated heterocycles. The minimum atomic E-state index is -0.239. The molecule has 1 aliphatic rings. The molecule has 5 nitrogen and oxygen atoms in total. The number of guanidine groups is 1. The fourth-order valence-electron chi connectivity index (χ4n) is 1.91. The van der Waals surface area contributed by atoms with Gasteiger partial charge in [-0.2, -0.15) is 0 Å². The number of esters is 1. The number of carbonyl (C=O) groups is 1. The average Bonchev–Trinajstić information content (AvgIpc) is 2.63. The van der Waals surface area contributed by atoms with Gasteiger partial charge in [-0.15, -0.1) is 24.0 Å². The lowest BCUT2D eigenvalue weighted by molar-refractivity contribution is -0.144. The first-order chi connectivity index (χ1) is 8.15. The highest BCUT2D eigenvalue weighted by atomic mass is 127. The lowest BCUT2D eigenvalue weighted by Crippen LogP contribution is -2.38. The van der Waals surface area contributed by atoms with Gasteiger partial charge in [-0.1, -0.05) is 19.8 Å². The lowest BCUT2D eigenvalue weighted by atomic mass is 10.2. The van der Waals surface area contributed by atoms with Crippen molar-refractivity contribution in [2.75, 3.05) is 26.7 Å². The summed E-state index contributed by atoms with van der Waals surface area (Å²) in [6, 6.07) is 0. The van der Waals surface area contributed by atoms with E-state index >= 15 is 0 Å². The highest BCUT2D eigenvalue weighted by Crippen LogP contribution is 2.09. The minimum Gasteiger partial charge on any atom is -0.469 e. The zero-order valence-corrected chi connectivity index (χ0v) is 13.6.